The number of hydrogen-bond acceptors (Lipinski definition) is 7. The van der Waals surface area contributed by atoms with E-state index >= 15 is 0 Å². The number of nitrogens with zero attached hydrogens (tertiary/aromatic N) is 1. The standard InChI is InChI=1S/C23H31NO7/c1-15-13-23(29)31-17(3)20(26)9-11-21(27)24(14-18-7-5-4-6-8-18)16(2)19(25)10-12-22(28)30-15/h4-8,10,12,15-17,19-20,25-26H,9,11,13-14H2,1-3H3/b12-10+/t15?,16-,17-,19+,20+/m0/s1. The Balaban J connectivity index is 2.26. The second-order valence-corrected chi connectivity index (χ2v) is 7.85. The zero-order chi connectivity index (χ0) is 23.0. The molecule has 1 unspecified atom stereocenters. The van der Waals surface area contributed by atoms with Gasteiger partial charge in [0.2, 0.25) is 5.91 Å². The van der Waals surface area contributed by atoms with Gasteiger partial charge in [-0.05, 0) is 38.8 Å². The third-order valence-electron chi connectivity index (χ3n) is 5.22. The van der Waals surface area contributed by atoms with Crippen molar-refractivity contribution in [3.05, 3.63) is 48.0 Å². The number of esters is 2. The molecular formula is C23H31NO7. The first kappa shape index (κ1) is 24.6. The molecule has 1 amide bonds. The smallest absolute Gasteiger partial charge is 0.330 e. The molecule has 0 saturated carbocycles. The van der Waals surface area contributed by atoms with Gasteiger partial charge in [0.15, 0.2) is 0 Å². The summed E-state index contributed by atoms with van der Waals surface area (Å²) in [4.78, 5) is 38.5. The van der Waals surface area contributed by atoms with Gasteiger partial charge in [0.1, 0.15) is 12.2 Å². The molecule has 1 aromatic rings. The molecule has 0 bridgehead atoms. The van der Waals surface area contributed by atoms with Crippen LogP contribution in [0.5, 0.6) is 0 Å². The molecule has 0 aromatic heterocycles. The lowest BCUT2D eigenvalue weighted by atomic mass is 10.0. The number of benzene rings is 1. The minimum absolute atomic E-state index is 0.00904. The van der Waals surface area contributed by atoms with E-state index in [4.69, 9.17) is 9.47 Å². The van der Waals surface area contributed by atoms with Crippen LogP contribution in [0.25, 0.3) is 0 Å². The SMILES string of the molecule is CC1CC(=O)O[C@@H](C)[C@H](O)CCC(=O)N(Cc2ccccc2)[C@@H](C)[C@H](O)/C=C/C(=O)O1. The number of amides is 1. The Labute approximate surface area is 182 Å². The molecule has 0 radical (unpaired) electrons. The Morgan fingerprint density at radius 3 is 2.39 bits per heavy atom. The van der Waals surface area contributed by atoms with Crippen LogP contribution in [0.2, 0.25) is 0 Å². The van der Waals surface area contributed by atoms with Crippen LogP contribution in [0.1, 0.15) is 45.6 Å². The number of ether oxygens (including phenoxy) is 2. The molecule has 0 aliphatic carbocycles. The van der Waals surface area contributed by atoms with Crippen molar-refractivity contribution in [1.29, 1.82) is 0 Å². The third kappa shape index (κ3) is 7.80. The average molecular weight is 434 g/mol. The van der Waals surface area contributed by atoms with Gasteiger partial charge in [0.05, 0.1) is 24.7 Å². The maximum atomic E-state index is 13.0. The van der Waals surface area contributed by atoms with Gasteiger partial charge in [-0.2, -0.15) is 0 Å². The second kappa shape index (κ2) is 11.6. The minimum atomic E-state index is -1.11. The van der Waals surface area contributed by atoms with E-state index in [-0.39, 0.29) is 31.7 Å². The highest BCUT2D eigenvalue weighted by Crippen LogP contribution is 2.17. The quantitative estimate of drug-likeness (QED) is 0.683. The molecule has 170 valence electrons. The van der Waals surface area contributed by atoms with Gasteiger partial charge in [-0.25, -0.2) is 4.79 Å². The van der Waals surface area contributed by atoms with Crippen LogP contribution in [0.15, 0.2) is 42.5 Å². The molecule has 31 heavy (non-hydrogen) atoms. The maximum Gasteiger partial charge on any atom is 0.330 e. The van der Waals surface area contributed by atoms with Crippen molar-refractivity contribution in [3.8, 4) is 0 Å². The largest absolute Gasteiger partial charge is 0.460 e. The molecule has 2 N–H and O–H groups in total. The first-order chi connectivity index (χ1) is 14.7. The lowest BCUT2D eigenvalue weighted by molar-refractivity contribution is -0.158. The van der Waals surface area contributed by atoms with Crippen molar-refractivity contribution in [2.45, 2.75) is 77.0 Å². The lowest BCUT2D eigenvalue weighted by Crippen LogP contribution is -2.44. The van der Waals surface area contributed by atoms with E-state index < -0.39 is 42.4 Å². The summed E-state index contributed by atoms with van der Waals surface area (Å²) in [6, 6.07) is 8.69. The summed E-state index contributed by atoms with van der Waals surface area (Å²) in [5, 5.41) is 20.9. The van der Waals surface area contributed by atoms with E-state index in [1.807, 2.05) is 30.3 Å². The van der Waals surface area contributed by atoms with Gasteiger partial charge in [-0.3, -0.25) is 9.59 Å². The zero-order valence-corrected chi connectivity index (χ0v) is 18.1. The van der Waals surface area contributed by atoms with E-state index in [0.29, 0.717) is 0 Å². The van der Waals surface area contributed by atoms with Crippen molar-refractivity contribution >= 4 is 17.8 Å². The van der Waals surface area contributed by atoms with Crippen LogP contribution in [0.3, 0.4) is 0 Å². The molecule has 8 heteroatoms. The number of carbonyl (C=O) groups is 3. The predicted molar refractivity (Wildman–Crippen MR) is 113 cm³/mol. The number of aliphatic hydroxyl groups is 2. The number of cyclic esters (lactones) is 2. The van der Waals surface area contributed by atoms with Crippen molar-refractivity contribution in [1.82, 2.24) is 4.90 Å². The lowest BCUT2D eigenvalue weighted by Gasteiger charge is -2.32. The summed E-state index contributed by atoms with van der Waals surface area (Å²) in [7, 11) is 0. The van der Waals surface area contributed by atoms with Crippen molar-refractivity contribution < 1.29 is 34.1 Å². The first-order valence-corrected chi connectivity index (χ1v) is 10.4. The topological polar surface area (TPSA) is 113 Å². The van der Waals surface area contributed by atoms with E-state index in [2.05, 4.69) is 0 Å². The summed E-state index contributed by atoms with van der Waals surface area (Å²) < 4.78 is 10.3. The van der Waals surface area contributed by atoms with Crippen molar-refractivity contribution in [2.24, 2.45) is 0 Å². The van der Waals surface area contributed by atoms with Crippen LogP contribution in [0, 0.1) is 0 Å². The minimum Gasteiger partial charge on any atom is -0.460 e. The van der Waals surface area contributed by atoms with Gasteiger partial charge in [-0.1, -0.05) is 30.3 Å². The first-order valence-electron chi connectivity index (χ1n) is 10.4. The van der Waals surface area contributed by atoms with Crippen LogP contribution < -0.4 is 0 Å². The third-order valence-corrected chi connectivity index (χ3v) is 5.22. The molecule has 0 fully saturated rings. The number of rotatable bonds is 2. The summed E-state index contributed by atoms with van der Waals surface area (Å²) in [6.07, 6.45) is -1.39. The molecule has 8 nitrogen and oxygen atoms in total. The number of hydrogen-bond donors (Lipinski definition) is 2. The van der Waals surface area contributed by atoms with Crippen LogP contribution in [-0.4, -0.2) is 63.4 Å². The van der Waals surface area contributed by atoms with Crippen LogP contribution in [-0.2, 0) is 30.4 Å². The predicted octanol–water partition coefficient (Wildman–Crippen LogP) is 1.73. The van der Waals surface area contributed by atoms with Gasteiger partial charge in [0, 0.05) is 19.0 Å². The molecular weight excluding hydrogens is 402 g/mol. The summed E-state index contributed by atoms with van der Waals surface area (Å²) in [5.41, 5.74) is 0.879. The molecule has 1 aliphatic rings. The van der Waals surface area contributed by atoms with E-state index in [9.17, 15) is 24.6 Å². The number of aliphatic hydroxyl groups excluding tert-OH is 2. The van der Waals surface area contributed by atoms with Gasteiger partial charge in [0.25, 0.3) is 0 Å². The van der Waals surface area contributed by atoms with Crippen molar-refractivity contribution in [3.63, 3.8) is 0 Å². The Hall–Kier alpha value is -2.71. The fraction of sp³-hybridized carbons (Fsp3) is 0.522. The monoisotopic (exact) mass is 433 g/mol. The highest BCUT2D eigenvalue weighted by Gasteiger charge is 2.28. The van der Waals surface area contributed by atoms with Crippen LogP contribution in [0.4, 0.5) is 0 Å². The van der Waals surface area contributed by atoms with Crippen molar-refractivity contribution in [2.75, 3.05) is 0 Å². The van der Waals surface area contributed by atoms with Gasteiger partial charge < -0.3 is 24.6 Å². The highest BCUT2D eigenvalue weighted by atomic mass is 16.6. The highest BCUT2D eigenvalue weighted by molar-refractivity contribution is 5.82. The summed E-state index contributed by atoms with van der Waals surface area (Å²) >= 11 is 0. The average Bonchev–Trinajstić information content (AvgIpc) is 2.73. The molecule has 5 atom stereocenters. The Bertz CT molecular complexity index is 779. The Morgan fingerprint density at radius 1 is 1.03 bits per heavy atom. The van der Waals surface area contributed by atoms with Crippen LogP contribution >= 0.6 is 0 Å². The van der Waals surface area contributed by atoms with E-state index in [0.717, 1.165) is 11.6 Å². The molecule has 0 spiro atoms. The van der Waals surface area contributed by atoms with Gasteiger partial charge in [-0.15, -0.1) is 0 Å². The molecule has 2 rings (SSSR count). The Morgan fingerprint density at radius 2 is 1.71 bits per heavy atom. The summed E-state index contributed by atoms with van der Waals surface area (Å²) in [5.74, 6) is -1.61. The molecule has 1 aliphatic heterocycles. The fourth-order valence-electron chi connectivity index (χ4n) is 3.26. The normalized spacial score (nSPS) is 30.4. The van der Waals surface area contributed by atoms with Gasteiger partial charge >= 0.3 is 11.9 Å². The second-order valence-electron chi connectivity index (χ2n) is 7.85. The summed E-state index contributed by atoms with van der Waals surface area (Å²) in [6.45, 7) is 5.04. The van der Waals surface area contributed by atoms with E-state index in [1.165, 1.54) is 11.0 Å². The molecule has 1 aromatic carbocycles. The van der Waals surface area contributed by atoms with E-state index in [1.54, 1.807) is 20.8 Å². The zero-order valence-electron chi connectivity index (χ0n) is 18.1. The molecule has 1 heterocycles. The maximum absolute atomic E-state index is 13.0. The number of carbonyl (C=O) groups excluding carboxylic acids is 3. The molecule has 0 saturated heterocycles. The fourth-order valence-corrected chi connectivity index (χ4v) is 3.26. The Kier molecular flexibility index (Phi) is 9.21.